The fourth-order valence-electron chi connectivity index (χ4n) is 3.02. The number of nitrogens with one attached hydrogen (secondary N) is 1. The number of azo groups is 1. The molecule has 1 atom stereocenters. The van der Waals surface area contributed by atoms with Gasteiger partial charge in [-0.15, -0.1) is 10.2 Å². The lowest BCUT2D eigenvalue weighted by Gasteiger charge is -2.30. The predicted octanol–water partition coefficient (Wildman–Crippen LogP) is 3.84. The van der Waals surface area contributed by atoms with Crippen molar-refractivity contribution >= 4 is 45.5 Å². The number of aromatic nitrogens is 1. The first-order valence-corrected chi connectivity index (χ1v) is 10.8. The maximum Gasteiger partial charge on any atom is 0.307 e. The van der Waals surface area contributed by atoms with E-state index in [1.165, 1.54) is 6.92 Å². The van der Waals surface area contributed by atoms with Crippen LogP contribution in [0.3, 0.4) is 0 Å². The van der Waals surface area contributed by atoms with Crippen LogP contribution in [0.2, 0.25) is 0 Å². The van der Waals surface area contributed by atoms with E-state index in [0.29, 0.717) is 39.9 Å². The third kappa shape index (κ3) is 6.57. The van der Waals surface area contributed by atoms with E-state index >= 15 is 0 Å². The Kier molecular flexibility index (Phi) is 9.24. The molecule has 2 N–H and O–H groups in total. The maximum absolute atomic E-state index is 11.9. The van der Waals surface area contributed by atoms with Crippen LogP contribution in [0.1, 0.15) is 38.4 Å². The van der Waals surface area contributed by atoms with Gasteiger partial charge < -0.3 is 20.1 Å². The summed E-state index contributed by atoms with van der Waals surface area (Å²) >= 11 is 1.07. The molecule has 0 bridgehead atoms. The summed E-state index contributed by atoms with van der Waals surface area (Å²) in [6.45, 7) is 7.16. The molecule has 1 unspecified atom stereocenters. The summed E-state index contributed by atoms with van der Waals surface area (Å²) in [4.78, 5) is 25.5. The molecule has 1 aromatic heterocycles. The number of esters is 1. The molecule has 0 spiro atoms. The van der Waals surface area contributed by atoms with E-state index in [9.17, 15) is 20.0 Å². The van der Waals surface area contributed by atoms with E-state index in [-0.39, 0.29) is 37.5 Å². The van der Waals surface area contributed by atoms with Crippen molar-refractivity contribution in [2.75, 3.05) is 30.0 Å². The van der Waals surface area contributed by atoms with Crippen LogP contribution in [0.15, 0.2) is 28.4 Å². The second-order valence-corrected chi connectivity index (χ2v) is 7.67. The summed E-state index contributed by atoms with van der Waals surface area (Å²) in [5.41, 5.74) is 2.42. The minimum Gasteiger partial charge on any atom is -0.466 e. The molecule has 0 aliphatic carbocycles. The number of ether oxygens (including phenoxy) is 1. The van der Waals surface area contributed by atoms with E-state index in [2.05, 4.69) is 26.0 Å². The molecule has 1 amide bonds. The minimum absolute atomic E-state index is 0.119. The largest absolute Gasteiger partial charge is 0.466 e. The van der Waals surface area contributed by atoms with Gasteiger partial charge in [-0.25, -0.2) is 0 Å². The van der Waals surface area contributed by atoms with Gasteiger partial charge in [-0.1, -0.05) is 0 Å². The van der Waals surface area contributed by atoms with Crippen molar-refractivity contribution in [2.24, 2.45) is 10.2 Å². The van der Waals surface area contributed by atoms with Crippen molar-refractivity contribution < 1.29 is 19.4 Å². The molecule has 0 aliphatic heterocycles. The molecule has 0 radical (unpaired) electrons. The molecular weight excluding hydrogens is 432 g/mol. The average molecular weight is 459 g/mol. The lowest BCUT2D eigenvalue weighted by molar-refractivity contribution is -0.143. The Labute approximate surface area is 190 Å². The van der Waals surface area contributed by atoms with Crippen LogP contribution in [0, 0.1) is 18.3 Å². The average Bonchev–Trinajstić information content (AvgIpc) is 3.10. The molecule has 0 saturated carbocycles. The molecular formula is C21H26N6O4S. The van der Waals surface area contributed by atoms with Crippen molar-refractivity contribution in [3.8, 4) is 6.07 Å². The third-order valence-corrected chi connectivity index (χ3v) is 5.29. The predicted molar refractivity (Wildman–Crippen MR) is 122 cm³/mol. The monoisotopic (exact) mass is 458 g/mol. The fraction of sp³-hybridized carbons (Fsp3) is 0.429. The SMILES string of the molecule is CCOC(=O)CC(C)N(CCO)c1ccc(N=Nc2snc(C)c2C#N)c(NC(C)=O)c1. The Hall–Kier alpha value is -3.36. The van der Waals surface area contributed by atoms with Gasteiger partial charge in [-0.3, -0.25) is 9.59 Å². The number of benzene rings is 1. The molecule has 2 rings (SSSR count). The van der Waals surface area contributed by atoms with Gasteiger partial charge in [0.15, 0.2) is 5.00 Å². The van der Waals surface area contributed by atoms with Crippen molar-refractivity contribution in [1.29, 1.82) is 5.26 Å². The van der Waals surface area contributed by atoms with E-state index in [4.69, 9.17) is 4.74 Å². The van der Waals surface area contributed by atoms with Crippen molar-refractivity contribution in [3.05, 3.63) is 29.5 Å². The van der Waals surface area contributed by atoms with Gasteiger partial charge in [0.05, 0.1) is 31.0 Å². The molecule has 0 fully saturated rings. The van der Waals surface area contributed by atoms with Crippen LogP contribution in [-0.2, 0) is 14.3 Å². The Balaban J connectivity index is 2.38. The molecule has 11 heteroatoms. The molecule has 170 valence electrons. The van der Waals surface area contributed by atoms with Crippen LogP contribution in [0.5, 0.6) is 0 Å². The van der Waals surface area contributed by atoms with Gasteiger partial charge >= 0.3 is 5.97 Å². The molecule has 1 aromatic carbocycles. The fourth-order valence-corrected chi connectivity index (χ4v) is 3.69. The number of hydrogen-bond acceptors (Lipinski definition) is 10. The summed E-state index contributed by atoms with van der Waals surface area (Å²) in [6, 6.07) is 6.95. The van der Waals surface area contributed by atoms with Crippen molar-refractivity contribution in [3.63, 3.8) is 0 Å². The third-order valence-electron chi connectivity index (χ3n) is 4.47. The van der Waals surface area contributed by atoms with E-state index in [1.807, 2.05) is 11.8 Å². The zero-order chi connectivity index (χ0) is 23.7. The molecule has 2 aromatic rings. The number of carbonyl (C=O) groups excluding carboxylic acids is 2. The van der Waals surface area contributed by atoms with Crippen molar-refractivity contribution in [2.45, 2.75) is 40.2 Å². The Bertz CT molecular complexity index is 1030. The Morgan fingerprint density at radius 2 is 2.16 bits per heavy atom. The Morgan fingerprint density at radius 3 is 2.78 bits per heavy atom. The number of aryl methyl sites for hydroxylation is 1. The number of aliphatic hydroxyl groups excluding tert-OH is 1. The van der Waals surface area contributed by atoms with Crippen LogP contribution >= 0.6 is 11.5 Å². The molecule has 32 heavy (non-hydrogen) atoms. The lowest BCUT2D eigenvalue weighted by Crippen LogP contribution is -2.37. The first-order valence-electron chi connectivity index (χ1n) is 10.0. The van der Waals surface area contributed by atoms with Crippen LogP contribution in [0.4, 0.5) is 22.1 Å². The summed E-state index contributed by atoms with van der Waals surface area (Å²) in [5, 5.41) is 30.2. The number of hydrogen-bond donors (Lipinski definition) is 2. The molecule has 1 heterocycles. The van der Waals surface area contributed by atoms with Gasteiger partial charge in [0.1, 0.15) is 17.3 Å². The first-order chi connectivity index (χ1) is 15.3. The minimum atomic E-state index is -0.330. The standard InChI is InChI=1S/C21H26N6O4S/c1-5-31-20(30)10-13(2)27(8-9-28)16-6-7-18(19(11-16)23-15(4)29)24-25-21-17(12-22)14(3)26-32-21/h6-7,11,13,28H,5,8-10H2,1-4H3,(H,23,29). The second kappa shape index (κ2) is 11.9. The highest BCUT2D eigenvalue weighted by Crippen LogP contribution is 2.34. The summed E-state index contributed by atoms with van der Waals surface area (Å²) in [7, 11) is 0. The Morgan fingerprint density at radius 1 is 1.41 bits per heavy atom. The summed E-state index contributed by atoms with van der Waals surface area (Å²) in [5.74, 6) is -0.623. The lowest BCUT2D eigenvalue weighted by atomic mass is 10.1. The van der Waals surface area contributed by atoms with E-state index in [0.717, 1.165) is 11.5 Å². The number of nitrogens with zero attached hydrogens (tertiary/aromatic N) is 5. The van der Waals surface area contributed by atoms with Gasteiger partial charge in [0.2, 0.25) is 5.91 Å². The molecule has 0 saturated heterocycles. The number of amides is 1. The van der Waals surface area contributed by atoms with Crippen LogP contribution in [0.25, 0.3) is 0 Å². The number of carbonyl (C=O) groups is 2. The summed E-state index contributed by atoms with van der Waals surface area (Å²) in [6.07, 6.45) is 0.145. The first kappa shape index (κ1) is 24.9. The smallest absolute Gasteiger partial charge is 0.307 e. The number of anilines is 2. The van der Waals surface area contributed by atoms with Gasteiger partial charge in [-0.05, 0) is 50.5 Å². The van der Waals surface area contributed by atoms with E-state index in [1.54, 1.807) is 32.0 Å². The normalized spacial score (nSPS) is 11.8. The second-order valence-electron chi connectivity index (χ2n) is 6.92. The number of aliphatic hydroxyl groups is 1. The van der Waals surface area contributed by atoms with Crippen LogP contribution < -0.4 is 10.2 Å². The zero-order valence-electron chi connectivity index (χ0n) is 18.5. The zero-order valence-corrected chi connectivity index (χ0v) is 19.3. The number of rotatable bonds is 10. The maximum atomic E-state index is 11.9. The van der Waals surface area contributed by atoms with Crippen LogP contribution in [-0.4, -0.2) is 47.2 Å². The topological polar surface area (TPSA) is 140 Å². The van der Waals surface area contributed by atoms with Gasteiger partial charge in [-0.2, -0.15) is 9.64 Å². The highest BCUT2D eigenvalue weighted by Gasteiger charge is 2.20. The highest BCUT2D eigenvalue weighted by atomic mass is 32.1. The van der Waals surface area contributed by atoms with Gasteiger partial charge in [0.25, 0.3) is 0 Å². The van der Waals surface area contributed by atoms with E-state index < -0.39 is 0 Å². The highest BCUT2D eigenvalue weighted by molar-refractivity contribution is 7.10. The summed E-state index contributed by atoms with van der Waals surface area (Å²) < 4.78 is 9.14. The molecule has 0 aliphatic rings. The van der Waals surface area contributed by atoms with Crippen molar-refractivity contribution in [1.82, 2.24) is 4.37 Å². The molecule has 10 nitrogen and oxygen atoms in total. The number of nitriles is 1. The quantitative estimate of drug-likeness (QED) is 0.407. The van der Waals surface area contributed by atoms with Gasteiger partial charge in [0, 0.05) is 25.2 Å².